The molecule has 0 aromatic carbocycles. The van der Waals surface area contributed by atoms with E-state index in [0.29, 0.717) is 11.4 Å². The van der Waals surface area contributed by atoms with Crippen LogP contribution in [0.5, 0.6) is 0 Å². The Morgan fingerprint density at radius 2 is 1.85 bits per heavy atom. The summed E-state index contributed by atoms with van der Waals surface area (Å²) in [7, 11) is -1.58. The molecule has 1 rings (SSSR count). The van der Waals surface area contributed by atoms with Gasteiger partial charge in [-0.3, -0.25) is 14.0 Å². The Morgan fingerprint density at radius 1 is 1.30 bits per heavy atom. The summed E-state index contributed by atoms with van der Waals surface area (Å²) in [5.41, 5.74) is 2.18. The minimum absolute atomic E-state index is 0.232. The highest BCUT2D eigenvalue weighted by Crippen LogP contribution is 2.47. The Balaban J connectivity index is 2.78. The molecule has 0 aliphatic rings. The fourth-order valence-electron chi connectivity index (χ4n) is 1.83. The SMILES string of the molecule is CCOP(=O)(CC(=O)Nc1c(C)nn(C)c1C)OCC. The molecule has 0 saturated heterocycles. The van der Waals surface area contributed by atoms with Crippen LogP contribution < -0.4 is 5.32 Å². The molecule has 0 unspecified atom stereocenters. The number of aromatic nitrogens is 2. The van der Waals surface area contributed by atoms with Gasteiger partial charge < -0.3 is 14.4 Å². The van der Waals surface area contributed by atoms with Gasteiger partial charge in [-0.2, -0.15) is 5.10 Å². The molecule has 0 aliphatic carbocycles. The summed E-state index contributed by atoms with van der Waals surface area (Å²) < 4.78 is 24.1. The predicted molar refractivity (Wildman–Crippen MR) is 77.0 cm³/mol. The van der Waals surface area contributed by atoms with Gasteiger partial charge in [0, 0.05) is 7.05 Å². The lowest BCUT2D eigenvalue weighted by Gasteiger charge is -2.16. The third-order valence-corrected chi connectivity index (χ3v) is 4.74. The summed E-state index contributed by atoms with van der Waals surface area (Å²) in [6, 6.07) is 0. The van der Waals surface area contributed by atoms with Crippen LogP contribution in [-0.4, -0.2) is 35.1 Å². The van der Waals surface area contributed by atoms with Crippen molar-refractivity contribution < 1.29 is 18.4 Å². The third-order valence-electron chi connectivity index (χ3n) is 2.76. The van der Waals surface area contributed by atoms with E-state index in [9.17, 15) is 9.36 Å². The average molecular weight is 303 g/mol. The van der Waals surface area contributed by atoms with Crippen molar-refractivity contribution in [1.29, 1.82) is 0 Å². The van der Waals surface area contributed by atoms with E-state index in [1.165, 1.54) is 0 Å². The maximum atomic E-state index is 12.3. The second kappa shape index (κ2) is 7.02. The van der Waals surface area contributed by atoms with Crippen molar-refractivity contribution in [3.63, 3.8) is 0 Å². The second-order valence-electron chi connectivity index (χ2n) is 4.32. The van der Waals surface area contributed by atoms with E-state index >= 15 is 0 Å². The zero-order valence-corrected chi connectivity index (χ0v) is 13.5. The van der Waals surface area contributed by atoms with Crippen molar-refractivity contribution in [2.45, 2.75) is 27.7 Å². The lowest BCUT2D eigenvalue weighted by atomic mass is 10.3. The number of nitrogens with zero attached hydrogens (tertiary/aromatic N) is 2. The number of amides is 1. The molecule has 1 heterocycles. The summed E-state index contributed by atoms with van der Waals surface area (Å²) in [6.07, 6.45) is -0.303. The van der Waals surface area contributed by atoms with Gasteiger partial charge in [-0.15, -0.1) is 0 Å². The molecule has 0 fully saturated rings. The molecule has 0 atom stereocenters. The molecule has 0 spiro atoms. The fourth-order valence-corrected chi connectivity index (χ4v) is 3.31. The highest BCUT2D eigenvalue weighted by Gasteiger charge is 2.28. The fraction of sp³-hybridized carbons (Fsp3) is 0.667. The molecule has 0 bridgehead atoms. The Morgan fingerprint density at radius 3 is 2.25 bits per heavy atom. The molecule has 0 aliphatic heterocycles. The van der Waals surface area contributed by atoms with Crippen molar-refractivity contribution in [1.82, 2.24) is 9.78 Å². The normalized spacial score (nSPS) is 11.7. The molecule has 1 aromatic heterocycles. The molecule has 1 aromatic rings. The van der Waals surface area contributed by atoms with Gasteiger partial charge in [0.2, 0.25) is 5.91 Å². The maximum absolute atomic E-state index is 12.3. The number of hydrogen-bond donors (Lipinski definition) is 1. The van der Waals surface area contributed by atoms with E-state index < -0.39 is 13.5 Å². The molecular weight excluding hydrogens is 281 g/mol. The predicted octanol–water partition coefficient (Wildman–Crippen LogP) is 2.24. The monoisotopic (exact) mass is 303 g/mol. The van der Waals surface area contributed by atoms with Crippen molar-refractivity contribution in [3.05, 3.63) is 11.4 Å². The van der Waals surface area contributed by atoms with E-state index in [1.807, 2.05) is 6.92 Å². The molecule has 20 heavy (non-hydrogen) atoms. The first-order chi connectivity index (χ1) is 9.33. The molecule has 114 valence electrons. The highest BCUT2D eigenvalue weighted by atomic mass is 31.2. The third kappa shape index (κ3) is 4.16. The van der Waals surface area contributed by atoms with Gasteiger partial charge in [0.25, 0.3) is 0 Å². The zero-order valence-electron chi connectivity index (χ0n) is 12.6. The molecule has 8 heteroatoms. The van der Waals surface area contributed by atoms with Crippen molar-refractivity contribution >= 4 is 19.2 Å². The van der Waals surface area contributed by atoms with Gasteiger partial charge >= 0.3 is 7.60 Å². The Kier molecular flexibility index (Phi) is 5.92. The van der Waals surface area contributed by atoms with Crippen LogP contribution in [0.15, 0.2) is 0 Å². The van der Waals surface area contributed by atoms with Gasteiger partial charge in [0.05, 0.1) is 30.3 Å². The summed E-state index contributed by atoms with van der Waals surface area (Å²) in [4.78, 5) is 12.0. The number of nitrogens with one attached hydrogen (secondary N) is 1. The lowest BCUT2D eigenvalue weighted by Crippen LogP contribution is -2.19. The molecular formula is C12H22N3O4P. The highest BCUT2D eigenvalue weighted by molar-refractivity contribution is 7.54. The van der Waals surface area contributed by atoms with Crippen molar-refractivity contribution in [2.24, 2.45) is 7.05 Å². The first-order valence-electron chi connectivity index (χ1n) is 6.51. The summed E-state index contributed by atoms with van der Waals surface area (Å²) >= 11 is 0. The second-order valence-corrected chi connectivity index (χ2v) is 6.38. The summed E-state index contributed by atoms with van der Waals surface area (Å²) in [5, 5.41) is 6.92. The van der Waals surface area contributed by atoms with E-state index in [1.54, 1.807) is 32.5 Å². The van der Waals surface area contributed by atoms with Crippen LogP contribution in [-0.2, 0) is 25.5 Å². The van der Waals surface area contributed by atoms with E-state index in [4.69, 9.17) is 9.05 Å². The lowest BCUT2D eigenvalue weighted by molar-refractivity contribution is -0.114. The number of aryl methyl sites for hydroxylation is 2. The summed E-state index contributed by atoms with van der Waals surface area (Å²) in [5.74, 6) is -0.408. The van der Waals surface area contributed by atoms with Crippen LogP contribution in [0.3, 0.4) is 0 Å². The van der Waals surface area contributed by atoms with E-state index in [2.05, 4.69) is 10.4 Å². The van der Waals surface area contributed by atoms with Crippen molar-refractivity contribution in [2.75, 3.05) is 24.7 Å². The van der Waals surface area contributed by atoms with Gasteiger partial charge in [0.1, 0.15) is 6.16 Å². The molecule has 1 amide bonds. The number of anilines is 1. The minimum atomic E-state index is -3.38. The van der Waals surface area contributed by atoms with Crippen LogP contribution in [0, 0.1) is 13.8 Å². The Hall–Kier alpha value is -1.17. The standard InChI is InChI=1S/C12H22N3O4P/c1-6-18-20(17,19-7-2)8-11(16)13-12-9(3)14-15(5)10(12)4/h6-8H2,1-5H3,(H,13,16). The zero-order chi connectivity index (χ0) is 15.3. The number of carbonyl (C=O) groups excluding carboxylic acids is 1. The van der Waals surface area contributed by atoms with Gasteiger partial charge in [-0.1, -0.05) is 0 Å². The number of hydrogen-bond acceptors (Lipinski definition) is 5. The molecule has 7 nitrogen and oxygen atoms in total. The van der Waals surface area contributed by atoms with Gasteiger partial charge in [0.15, 0.2) is 0 Å². The first-order valence-corrected chi connectivity index (χ1v) is 8.24. The largest absolute Gasteiger partial charge is 0.340 e. The Labute approximate surface area is 119 Å². The van der Waals surface area contributed by atoms with Crippen LogP contribution in [0.4, 0.5) is 5.69 Å². The Bertz CT molecular complexity index is 517. The van der Waals surface area contributed by atoms with E-state index in [-0.39, 0.29) is 19.4 Å². The number of rotatable bonds is 7. The van der Waals surface area contributed by atoms with Crippen LogP contribution in [0.2, 0.25) is 0 Å². The van der Waals surface area contributed by atoms with Crippen LogP contribution in [0.25, 0.3) is 0 Å². The minimum Gasteiger partial charge on any atom is -0.322 e. The number of carbonyl (C=O) groups is 1. The summed E-state index contributed by atoms with van der Waals surface area (Å²) in [6.45, 7) is 7.52. The first kappa shape index (κ1) is 16.9. The van der Waals surface area contributed by atoms with Gasteiger partial charge in [-0.05, 0) is 27.7 Å². The molecule has 0 radical (unpaired) electrons. The van der Waals surface area contributed by atoms with Crippen LogP contribution in [0.1, 0.15) is 25.2 Å². The quantitative estimate of drug-likeness (QED) is 0.781. The van der Waals surface area contributed by atoms with Crippen LogP contribution >= 0.6 is 7.60 Å². The maximum Gasteiger partial charge on any atom is 0.340 e. The molecule has 1 N–H and O–H groups in total. The molecule has 0 saturated carbocycles. The van der Waals surface area contributed by atoms with E-state index in [0.717, 1.165) is 5.69 Å². The van der Waals surface area contributed by atoms with Crippen molar-refractivity contribution in [3.8, 4) is 0 Å². The van der Waals surface area contributed by atoms with Gasteiger partial charge in [-0.25, -0.2) is 0 Å². The smallest absolute Gasteiger partial charge is 0.322 e. The average Bonchev–Trinajstić information content (AvgIpc) is 2.56. The topological polar surface area (TPSA) is 82.5 Å².